The first kappa shape index (κ1) is 5.37. The molecular formula is C6H7N3O. The fourth-order valence-corrected chi connectivity index (χ4v) is 1.03. The Bertz CT molecular complexity index is 335. The molecule has 0 saturated carbocycles. The summed E-state index contributed by atoms with van der Waals surface area (Å²) < 4.78 is 0. The number of fused-ring (bicyclic) bond motifs is 1. The average molecular weight is 137 g/mol. The summed E-state index contributed by atoms with van der Waals surface area (Å²) in [6.07, 6.45) is 3.50. The molecule has 10 heavy (non-hydrogen) atoms. The van der Waals surface area contributed by atoms with Gasteiger partial charge in [-0.2, -0.15) is 0 Å². The highest BCUT2D eigenvalue weighted by Gasteiger charge is 2.00. The van der Waals surface area contributed by atoms with E-state index < -0.39 is 0 Å². The summed E-state index contributed by atoms with van der Waals surface area (Å²) in [5.74, 6) is 0. The minimum atomic E-state index is 0.691. The van der Waals surface area contributed by atoms with Crippen molar-refractivity contribution in [1.29, 1.82) is 0 Å². The number of nitrogens with one attached hydrogen (secondary N) is 3. The van der Waals surface area contributed by atoms with E-state index in [0.29, 0.717) is 5.69 Å². The summed E-state index contributed by atoms with van der Waals surface area (Å²) in [6.45, 7) is 0. The van der Waals surface area contributed by atoms with Gasteiger partial charge in [0.15, 0.2) is 0 Å². The Morgan fingerprint density at radius 3 is 3.10 bits per heavy atom. The van der Waals surface area contributed by atoms with Gasteiger partial charge in [-0.05, 0) is 6.07 Å². The number of hydrogen-bond donors (Lipinski definition) is 4. The number of hydrogen-bond acceptors (Lipinski definition) is 2. The molecule has 0 bridgehead atoms. The highest BCUT2D eigenvalue weighted by Crippen LogP contribution is 2.20. The van der Waals surface area contributed by atoms with Gasteiger partial charge in [-0.3, -0.25) is 10.7 Å². The molecule has 0 aromatic carbocycles. The minimum Gasteiger partial charge on any atom is -0.348 e. The number of anilines is 1. The first-order valence-corrected chi connectivity index (χ1v) is 2.96. The molecule has 4 heteroatoms. The molecule has 2 rings (SSSR count). The molecule has 4 nitrogen and oxygen atoms in total. The van der Waals surface area contributed by atoms with Gasteiger partial charge >= 0.3 is 0 Å². The van der Waals surface area contributed by atoms with E-state index in [1.807, 2.05) is 12.3 Å². The molecule has 2 aromatic rings. The van der Waals surface area contributed by atoms with Gasteiger partial charge in [0.25, 0.3) is 0 Å². The molecule has 52 valence electrons. The van der Waals surface area contributed by atoms with Crippen LogP contribution in [0.1, 0.15) is 0 Å². The fourth-order valence-electron chi connectivity index (χ4n) is 1.03. The SMILES string of the molecule is ONc1c[nH]c2[nH]ccc12. The van der Waals surface area contributed by atoms with Crippen molar-refractivity contribution < 1.29 is 5.21 Å². The van der Waals surface area contributed by atoms with Crippen LogP contribution in [0.15, 0.2) is 18.5 Å². The summed E-state index contributed by atoms with van der Waals surface area (Å²) in [5, 5.41) is 9.52. The van der Waals surface area contributed by atoms with E-state index in [-0.39, 0.29) is 0 Å². The number of aromatic amines is 2. The van der Waals surface area contributed by atoms with E-state index in [9.17, 15) is 0 Å². The summed E-state index contributed by atoms with van der Waals surface area (Å²) >= 11 is 0. The Morgan fingerprint density at radius 2 is 2.30 bits per heavy atom. The summed E-state index contributed by atoms with van der Waals surface area (Å²) in [5.41, 5.74) is 3.69. The summed E-state index contributed by atoms with van der Waals surface area (Å²) in [7, 11) is 0. The molecule has 0 aliphatic rings. The zero-order valence-corrected chi connectivity index (χ0v) is 5.18. The van der Waals surface area contributed by atoms with E-state index in [1.54, 1.807) is 6.20 Å². The standard InChI is InChI=1S/C6H7N3O/c10-9-5-3-8-6-4(5)1-2-7-6/h1-3,7-10H. The van der Waals surface area contributed by atoms with E-state index >= 15 is 0 Å². The first-order chi connectivity index (χ1) is 4.92. The van der Waals surface area contributed by atoms with Crippen molar-refractivity contribution >= 4 is 16.7 Å². The van der Waals surface area contributed by atoms with E-state index in [4.69, 9.17) is 5.21 Å². The number of H-pyrrole nitrogens is 2. The van der Waals surface area contributed by atoms with Crippen molar-refractivity contribution in [3.8, 4) is 0 Å². The highest BCUT2D eigenvalue weighted by atomic mass is 16.5. The summed E-state index contributed by atoms with van der Waals surface area (Å²) in [4.78, 5) is 5.91. The molecule has 0 unspecified atom stereocenters. The molecule has 0 aliphatic carbocycles. The van der Waals surface area contributed by atoms with Crippen LogP contribution < -0.4 is 5.48 Å². The second-order valence-electron chi connectivity index (χ2n) is 2.08. The predicted octanol–water partition coefficient (Wildman–Crippen LogP) is 1.30. The maximum absolute atomic E-state index is 8.56. The third-order valence-corrected chi connectivity index (χ3v) is 1.52. The molecule has 2 heterocycles. The smallest absolute Gasteiger partial charge is 0.116 e. The molecule has 0 atom stereocenters. The van der Waals surface area contributed by atoms with Gasteiger partial charge in [0, 0.05) is 17.8 Å². The molecular weight excluding hydrogens is 130 g/mol. The quantitative estimate of drug-likeness (QED) is 0.447. The lowest BCUT2D eigenvalue weighted by molar-refractivity contribution is 0.390. The van der Waals surface area contributed by atoms with Gasteiger partial charge in [-0.15, -0.1) is 0 Å². The minimum absolute atomic E-state index is 0.691. The predicted molar refractivity (Wildman–Crippen MR) is 38.1 cm³/mol. The van der Waals surface area contributed by atoms with Crippen molar-refractivity contribution in [2.45, 2.75) is 0 Å². The van der Waals surface area contributed by atoms with Crippen LogP contribution in [0.4, 0.5) is 5.69 Å². The van der Waals surface area contributed by atoms with Crippen molar-refractivity contribution in [2.75, 3.05) is 5.48 Å². The Kier molecular flexibility index (Phi) is 0.956. The van der Waals surface area contributed by atoms with Crippen LogP contribution in [0.25, 0.3) is 11.0 Å². The van der Waals surface area contributed by atoms with Crippen molar-refractivity contribution in [3.05, 3.63) is 18.5 Å². The number of aromatic nitrogens is 2. The van der Waals surface area contributed by atoms with Gasteiger partial charge in [0.1, 0.15) is 5.65 Å². The first-order valence-electron chi connectivity index (χ1n) is 2.96. The second-order valence-corrected chi connectivity index (χ2v) is 2.08. The second kappa shape index (κ2) is 1.78. The van der Waals surface area contributed by atoms with E-state index in [2.05, 4.69) is 15.4 Å². The normalized spacial score (nSPS) is 10.5. The third kappa shape index (κ3) is 0.534. The van der Waals surface area contributed by atoms with Gasteiger partial charge in [-0.1, -0.05) is 0 Å². The van der Waals surface area contributed by atoms with Crippen LogP contribution in [0.5, 0.6) is 0 Å². The monoisotopic (exact) mass is 137 g/mol. The molecule has 0 fully saturated rings. The Labute approximate surface area is 56.8 Å². The lowest BCUT2D eigenvalue weighted by atomic mass is 10.4. The molecule has 2 aromatic heterocycles. The van der Waals surface area contributed by atoms with E-state index in [1.165, 1.54) is 0 Å². The molecule has 0 aliphatic heterocycles. The topological polar surface area (TPSA) is 63.8 Å². The third-order valence-electron chi connectivity index (χ3n) is 1.52. The Hall–Kier alpha value is -1.42. The fraction of sp³-hybridized carbons (Fsp3) is 0. The van der Waals surface area contributed by atoms with Gasteiger partial charge in [0.2, 0.25) is 0 Å². The molecule has 0 saturated heterocycles. The van der Waals surface area contributed by atoms with Gasteiger partial charge in [-0.25, -0.2) is 0 Å². The lowest BCUT2D eigenvalue weighted by Gasteiger charge is -1.88. The van der Waals surface area contributed by atoms with Gasteiger partial charge in [0.05, 0.1) is 5.69 Å². The van der Waals surface area contributed by atoms with E-state index in [0.717, 1.165) is 11.0 Å². The zero-order valence-electron chi connectivity index (χ0n) is 5.18. The lowest BCUT2D eigenvalue weighted by Crippen LogP contribution is -1.84. The summed E-state index contributed by atoms with van der Waals surface area (Å²) in [6, 6.07) is 1.88. The van der Waals surface area contributed by atoms with Crippen LogP contribution in [-0.4, -0.2) is 15.2 Å². The van der Waals surface area contributed by atoms with Crippen molar-refractivity contribution in [1.82, 2.24) is 9.97 Å². The average Bonchev–Trinajstić information content (AvgIpc) is 2.44. The van der Waals surface area contributed by atoms with Gasteiger partial charge < -0.3 is 9.97 Å². The van der Waals surface area contributed by atoms with Crippen LogP contribution in [-0.2, 0) is 0 Å². The highest BCUT2D eigenvalue weighted by molar-refractivity contribution is 5.89. The van der Waals surface area contributed by atoms with Crippen molar-refractivity contribution in [2.24, 2.45) is 0 Å². The maximum Gasteiger partial charge on any atom is 0.116 e. The van der Waals surface area contributed by atoms with Crippen LogP contribution >= 0.6 is 0 Å². The number of rotatable bonds is 1. The van der Waals surface area contributed by atoms with Crippen LogP contribution in [0.3, 0.4) is 0 Å². The maximum atomic E-state index is 8.56. The van der Waals surface area contributed by atoms with Crippen LogP contribution in [0, 0.1) is 0 Å². The largest absolute Gasteiger partial charge is 0.348 e. The molecule has 4 N–H and O–H groups in total. The molecule has 0 radical (unpaired) electrons. The van der Waals surface area contributed by atoms with Crippen LogP contribution in [0.2, 0.25) is 0 Å². The Balaban J connectivity index is 2.76. The Morgan fingerprint density at radius 1 is 1.40 bits per heavy atom. The molecule has 0 amide bonds. The van der Waals surface area contributed by atoms with Crippen molar-refractivity contribution in [3.63, 3.8) is 0 Å². The molecule has 0 spiro atoms. The zero-order chi connectivity index (χ0) is 6.97.